The predicted octanol–water partition coefficient (Wildman–Crippen LogP) is 3.57. The van der Waals surface area contributed by atoms with Crippen molar-refractivity contribution in [3.05, 3.63) is 87.4 Å². The Kier molecular flexibility index (Phi) is 5.26. The smallest absolute Gasteiger partial charge is 0.290 e. The second kappa shape index (κ2) is 8.04. The van der Waals surface area contributed by atoms with Gasteiger partial charge in [-0.15, -0.1) is 0 Å². The first-order chi connectivity index (χ1) is 14.9. The van der Waals surface area contributed by atoms with Crippen molar-refractivity contribution in [1.29, 1.82) is 0 Å². The van der Waals surface area contributed by atoms with Crippen LogP contribution in [-0.2, 0) is 9.53 Å². The summed E-state index contributed by atoms with van der Waals surface area (Å²) in [4.78, 5) is 38.1. The number of carbonyl (C=O) groups is 2. The van der Waals surface area contributed by atoms with Gasteiger partial charge >= 0.3 is 0 Å². The Morgan fingerprint density at radius 2 is 2.00 bits per heavy atom. The molecule has 0 fully saturated rings. The summed E-state index contributed by atoms with van der Waals surface area (Å²) in [5.41, 5.74) is 0.416. The van der Waals surface area contributed by atoms with Gasteiger partial charge in [-0.1, -0.05) is 30.3 Å². The van der Waals surface area contributed by atoms with Gasteiger partial charge in [0.05, 0.1) is 23.1 Å². The van der Waals surface area contributed by atoms with E-state index in [1.54, 1.807) is 30.3 Å². The number of Topliss-reactive ketones (excluding diaryl/α,β-unsaturated/α-hetero) is 1. The van der Waals surface area contributed by atoms with Gasteiger partial charge in [-0.3, -0.25) is 19.7 Å². The second-order valence-corrected chi connectivity index (χ2v) is 6.99. The van der Waals surface area contributed by atoms with Crippen LogP contribution in [0.5, 0.6) is 0 Å². The first kappa shape index (κ1) is 20.3. The van der Waals surface area contributed by atoms with Crippen molar-refractivity contribution in [1.82, 2.24) is 4.90 Å². The quantitative estimate of drug-likeness (QED) is 0.351. The topological polar surface area (TPSA) is 123 Å². The number of rotatable bonds is 7. The average Bonchev–Trinajstić information content (AvgIpc) is 3.31. The van der Waals surface area contributed by atoms with Crippen LogP contribution in [0.15, 0.2) is 70.3 Å². The van der Waals surface area contributed by atoms with E-state index in [-0.39, 0.29) is 30.2 Å². The molecule has 31 heavy (non-hydrogen) atoms. The Morgan fingerprint density at radius 1 is 1.23 bits per heavy atom. The zero-order valence-corrected chi connectivity index (χ0v) is 16.5. The van der Waals surface area contributed by atoms with E-state index in [4.69, 9.17) is 9.15 Å². The maximum Gasteiger partial charge on any atom is 0.290 e. The molecule has 0 saturated heterocycles. The highest BCUT2D eigenvalue weighted by Gasteiger charge is 2.44. The van der Waals surface area contributed by atoms with E-state index in [0.29, 0.717) is 16.5 Å². The first-order valence-corrected chi connectivity index (χ1v) is 9.43. The van der Waals surface area contributed by atoms with Crippen LogP contribution in [0.3, 0.4) is 0 Å². The largest absolute Gasteiger partial charge is 0.503 e. The van der Waals surface area contributed by atoms with Crippen LogP contribution in [-0.4, -0.2) is 46.9 Å². The third-order valence-corrected chi connectivity index (χ3v) is 5.13. The molecular formula is C22H18N2O7. The van der Waals surface area contributed by atoms with Gasteiger partial charge in [0.15, 0.2) is 11.5 Å². The number of amides is 1. The monoisotopic (exact) mass is 422 g/mol. The highest BCUT2D eigenvalue weighted by Crippen LogP contribution is 2.40. The van der Waals surface area contributed by atoms with Crippen molar-refractivity contribution in [2.24, 2.45) is 0 Å². The number of nitro groups is 1. The fraction of sp³-hybridized carbons (Fsp3) is 0.182. The second-order valence-electron chi connectivity index (χ2n) is 6.99. The minimum absolute atomic E-state index is 0.0421. The lowest BCUT2D eigenvalue weighted by atomic mass is 9.94. The van der Waals surface area contributed by atoms with Gasteiger partial charge in [0.1, 0.15) is 5.58 Å². The van der Waals surface area contributed by atoms with Crippen molar-refractivity contribution in [3.8, 4) is 0 Å². The fourth-order valence-electron chi connectivity index (χ4n) is 3.69. The number of non-ortho nitro benzene ring substituents is 1. The van der Waals surface area contributed by atoms with Crippen LogP contribution in [0.4, 0.5) is 5.69 Å². The summed E-state index contributed by atoms with van der Waals surface area (Å²) in [5.74, 6) is -2.18. The van der Waals surface area contributed by atoms with Crippen LogP contribution in [0.25, 0.3) is 11.0 Å². The van der Waals surface area contributed by atoms with Crippen molar-refractivity contribution in [2.45, 2.75) is 6.04 Å². The third-order valence-electron chi connectivity index (χ3n) is 5.13. The Labute approximate surface area is 176 Å². The van der Waals surface area contributed by atoms with E-state index in [0.717, 1.165) is 0 Å². The summed E-state index contributed by atoms with van der Waals surface area (Å²) in [6.45, 7) is 0.222. The highest BCUT2D eigenvalue weighted by atomic mass is 16.6. The van der Waals surface area contributed by atoms with Crippen LogP contribution < -0.4 is 0 Å². The fourth-order valence-corrected chi connectivity index (χ4v) is 3.69. The normalized spacial score (nSPS) is 16.4. The Morgan fingerprint density at radius 3 is 2.71 bits per heavy atom. The van der Waals surface area contributed by atoms with Gasteiger partial charge in [0.25, 0.3) is 11.6 Å². The van der Waals surface area contributed by atoms with Crippen molar-refractivity contribution in [2.75, 3.05) is 20.3 Å². The van der Waals surface area contributed by atoms with Gasteiger partial charge in [-0.25, -0.2) is 0 Å². The molecule has 0 bridgehead atoms. The van der Waals surface area contributed by atoms with Crippen molar-refractivity contribution in [3.63, 3.8) is 0 Å². The van der Waals surface area contributed by atoms with E-state index in [2.05, 4.69) is 0 Å². The number of hydrogen-bond donors (Lipinski definition) is 1. The van der Waals surface area contributed by atoms with Crippen molar-refractivity contribution >= 4 is 28.3 Å². The summed E-state index contributed by atoms with van der Waals surface area (Å²) in [6.07, 6.45) is 0. The minimum Gasteiger partial charge on any atom is -0.503 e. The summed E-state index contributed by atoms with van der Waals surface area (Å²) in [6, 6.07) is 13.1. The minimum atomic E-state index is -1.02. The molecule has 4 rings (SSSR count). The number of para-hydroxylation sites is 1. The number of methoxy groups -OCH3 is 1. The van der Waals surface area contributed by atoms with Gasteiger partial charge in [0, 0.05) is 31.2 Å². The molecule has 1 aliphatic rings. The number of furan rings is 1. The summed E-state index contributed by atoms with van der Waals surface area (Å²) >= 11 is 0. The molecule has 1 aromatic heterocycles. The highest BCUT2D eigenvalue weighted by molar-refractivity contribution is 6.16. The number of ketones is 1. The van der Waals surface area contributed by atoms with Gasteiger partial charge < -0.3 is 19.2 Å². The zero-order valence-electron chi connectivity index (χ0n) is 16.5. The molecule has 2 heterocycles. The molecule has 3 aromatic rings. The molecule has 1 aliphatic heterocycles. The molecule has 0 radical (unpaired) electrons. The number of hydrogen-bond acceptors (Lipinski definition) is 7. The lowest BCUT2D eigenvalue weighted by Crippen LogP contribution is -2.34. The molecule has 2 aromatic carbocycles. The van der Waals surface area contributed by atoms with E-state index < -0.39 is 28.4 Å². The van der Waals surface area contributed by atoms with Crippen LogP contribution in [0.1, 0.15) is 22.2 Å². The molecule has 1 N–H and O–H groups in total. The number of nitrogens with zero attached hydrogens (tertiary/aromatic N) is 2. The molecule has 1 unspecified atom stereocenters. The summed E-state index contributed by atoms with van der Waals surface area (Å²) < 4.78 is 10.7. The zero-order chi connectivity index (χ0) is 22.1. The Balaban J connectivity index is 1.82. The summed E-state index contributed by atoms with van der Waals surface area (Å²) in [7, 11) is 1.46. The van der Waals surface area contributed by atoms with Gasteiger partial charge in [-0.2, -0.15) is 0 Å². The molecule has 9 nitrogen and oxygen atoms in total. The molecule has 0 spiro atoms. The molecular weight excluding hydrogens is 404 g/mol. The van der Waals surface area contributed by atoms with E-state index in [1.807, 2.05) is 0 Å². The van der Waals surface area contributed by atoms with E-state index in [1.165, 1.54) is 36.3 Å². The van der Waals surface area contributed by atoms with E-state index >= 15 is 0 Å². The molecule has 9 heteroatoms. The number of fused-ring (bicyclic) bond motifs is 1. The van der Waals surface area contributed by atoms with Gasteiger partial charge in [-0.05, 0) is 17.7 Å². The number of aliphatic hydroxyl groups excluding tert-OH is 1. The van der Waals surface area contributed by atoms with Gasteiger partial charge in [0.2, 0.25) is 5.78 Å². The van der Waals surface area contributed by atoms with Crippen LogP contribution in [0, 0.1) is 10.1 Å². The molecule has 0 saturated carbocycles. The van der Waals surface area contributed by atoms with E-state index in [9.17, 15) is 24.8 Å². The first-order valence-electron chi connectivity index (χ1n) is 9.43. The number of benzene rings is 2. The summed E-state index contributed by atoms with van der Waals surface area (Å²) in [5, 5.41) is 22.5. The maximum atomic E-state index is 13.3. The Bertz CT molecular complexity index is 1190. The SMILES string of the molecule is COCCN1C(=O)C(O)=C(C(=O)c2cc3ccccc3o2)C1c1cccc([N+](=O)[O-])c1. The number of nitro benzene ring substituents is 1. The Hall–Kier alpha value is -3.98. The van der Waals surface area contributed by atoms with Crippen LogP contribution in [0.2, 0.25) is 0 Å². The average molecular weight is 422 g/mol. The standard InChI is InChI=1S/C22H18N2O7/c1-30-10-9-23-19(14-6-4-7-15(11-14)24(28)29)18(21(26)22(23)27)20(25)17-12-13-5-2-3-8-16(13)31-17/h2-8,11-12,19,26H,9-10H2,1H3. The van der Waals surface area contributed by atoms with Crippen LogP contribution >= 0.6 is 0 Å². The lowest BCUT2D eigenvalue weighted by Gasteiger charge is -2.26. The number of ether oxygens (including phenoxy) is 1. The molecule has 1 atom stereocenters. The lowest BCUT2D eigenvalue weighted by molar-refractivity contribution is -0.384. The molecule has 1 amide bonds. The maximum absolute atomic E-state index is 13.3. The molecule has 158 valence electrons. The number of carbonyl (C=O) groups excluding carboxylic acids is 2. The van der Waals surface area contributed by atoms with Crippen molar-refractivity contribution < 1.29 is 28.8 Å². The number of aliphatic hydroxyl groups is 1. The predicted molar refractivity (Wildman–Crippen MR) is 110 cm³/mol. The third kappa shape index (κ3) is 3.55. The molecule has 0 aliphatic carbocycles.